The van der Waals surface area contributed by atoms with Crippen LogP contribution in [0, 0.1) is 6.92 Å². The molecule has 0 bridgehead atoms. The molecule has 146 valence electrons. The Morgan fingerprint density at radius 3 is 2.69 bits per heavy atom. The van der Waals surface area contributed by atoms with Crippen molar-refractivity contribution in [3.63, 3.8) is 0 Å². The molecule has 0 saturated carbocycles. The maximum atomic E-state index is 12.3. The van der Waals surface area contributed by atoms with Gasteiger partial charge in [-0.1, -0.05) is 71.6 Å². The summed E-state index contributed by atoms with van der Waals surface area (Å²) in [6, 6.07) is 17.7. The van der Waals surface area contributed by atoms with Crippen molar-refractivity contribution >= 4 is 40.3 Å². The quantitative estimate of drug-likeness (QED) is 0.609. The third kappa shape index (κ3) is 4.84. The number of rotatable bonds is 5. The van der Waals surface area contributed by atoms with Gasteiger partial charge in [0.15, 0.2) is 5.17 Å². The number of nitrogens with one attached hydrogen (secondary N) is 2. The van der Waals surface area contributed by atoms with Crippen LogP contribution in [0.4, 0.5) is 0 Å². The zero-order valence-corrected chi connectivity index (χ0v) is 17.1. The first-order valence-corrected chi connectivity index (χ1v) is 10.6. The zero-order chi connectivity index (χ0) is 20.1. The predicted molar refractivity (Wildman–Crippen MR) is 115 cm³/mol. The Labute approximate surface area is 175 Å². The normalized spacial score (nSPS) is 13.3. The number of benzene rings is 2. The molecule has 29 heavy (non-hydrogen) atoms. The number of hydrazone groups is 1. The Hall–Kier alpha value is -3.11. The number of thioether (sulfide) groups is 2. The van der Waals surface area contributed by atoms with Gasteiger partial charge in [0, 0.05) is 11.0 Å². The fourth-order valence-electron chi connectivity index (χ4n) is 2.49. The molecular weight excluding hydrogens is 406 g/mol. The van der Waals surface area contributed by atoms with Crippen LogP contribution in [0.5, 0.6) is 0 Å². The van der Waals surface area contributed by atoms with Gasteiger partial charge in [0.25, 0.3) is 0 Å². The molecule has 4 rings (SSSR count). The van der Waals surface area contributed by atoms with Gasteiger partial charge in [-0.2, -0.15) is 4.68 Å². The summed E-state index contributed by atoms with van der Waals surface area (Å²) < 4.78 is 1.60. The average molecular weight is 424 g/mol. The summed E-state index contributed by atoms with van der Waals surface area (Å²) >= 11 is 2.62. The first-order chi connectivity index (χ1) is 14.2. The van der Waals surface area contributed by atoms with Gasteiger partial charge in [-0.05, 0) is 29.5 Å². The van der Waals surface area contributed by atoms with E-state index in [1.54, 1.807) is 4.68 Å². The van der Waals surface area contributed by atoms with E-state index >= 15 is 0 Å². The maximum absolute atomic E-state index is 12.3. The minimum absolute atomic E-state index is 0.168. The van der Waals surface area contributed by atoms with Crippen LogP contribution >= 0.6 is 23.5 Å². The SMILES string of the molecule is Cc1ccc(C2=CSC(NC(=O)CSc3nnnn3-c3ccccc3)=NN2)cc1. The highest BCUT2D eigenvalue weighted by molar-refractivity contribution is 8.16. The second-order valence-electron chi connectivity index (χ2n) is 6.09. The minimum Gasteiger partial charge on any atom is -0.303 e. The minimum atomic E-state index is -0.183. The summed E-state index contributed by atoms with van der Waals surface area (Å²) in [4.78, 5) is 12.3. The highest BCUT2D eigenvalue weighted by atomic mass is 32.2. The van der Waals surface area contributed by atoms with Crippen molar-refractivity contribution in [3.05, 3.63) is 71.1 Å². The van der Waals surface area contributed by atoms with Gasteiger partial charge >= 0.3 is 0 Å². The van der Waals surface area contributed by atoms with Crippen LogP contribution in [0.3, 0.4) is 0 Å². The maximum Gasteiger partial charge on any atom is 0.236 e. The molecule has 10 heteroatoms. The Balaban J connectivity index is 1.30. The molecule has 2 heterocycles. The number of amides is 1. The number of para-hydroxylation sites is 1. The van der Waals surface area contributed by atoms with Crippen LogP contribution < -0.4 is 10.7 Å². The summed E-state index contributed by atoms with van der Waals surface area (Å²) in [5, 5.41) is 21.7. The fourth-order valence-corrected chi connectivity index (χ4v) is 3.87. The van der Waals surface area contributed by atoms with Crippen LogP contribution in [0.1, 0.15) is 11.1 Å². The van der Waals surface area contributed by atoms with Gasteiger partial charge in [-0.25, -0.2) is 0 Å². The molecular formula is C19H17N7OS2. The molecule has 1 aromatic heterocycles. The Morgan fingerprint density at radius 2 is 1.97 bits per heavy atom. The van der Waals surface area contributed by atoms with Gasteiger partial charge in [-0.15, -0.1) is 10.2 Å². The fraction of sp³-hybridized carbons (Fsp3) is 0.105. The van der Waals surface area contributed by atoms with Crippen molar-refractivity contribution in [3.8, 4) is 5.69 Å². The molecule has 1 aliphatic heterocycles. The Bertz CT molecular complexity index is 1060. The number of tetrazole rings is 1. The molecule has 2 N–H and O–H groups in total. The van der Waals surface area contributed by atoms with Gasteiger partial charge in [0.2, 0.25) is 11.1 Å². The largest absolute Gasteiger partial charge is 0.303 e. The van der Waals surface area contributed by atoms with E-state index in [4.69, 9.17) is 0 Å². The first-order valence-electron chi connectivity index (χ1n) is 8.73. The predicted octanol–water partition coefficient (Wildman–Crippen LogP) is 2.79. The first kappa shape index (κ1) is 19.2. The van der Waals surface area contributed by atoms with E-state index in [0.717, 1.165) is 16.9 Å². The van der Waals surface area contributed by atoms with Crippen molar-refractivity contribution in [2.24, 2.45) is 5.10 Å². The third-order valence-electron chi connectivity index (χ3n) is 3.95. The van der Waals surface area contributed by atoms with Gasteiger partial charge in [0.05, 0.1) is 17.1 Å². The number of carbonyl (C=O) groups excluding carboxylic acids is 1. The highest BCUT2D eigenvalue weighted by Crippen LogP contribution is 2.21. The smallest absolute Gasteiger partial charge is 0.236 e. The lowest BCUT2D eigenvalue weighted by molar-refractivity contribution is -0.117. The number of carbonyl (C=O) groups is 1. The molecule has 1 amide bonds. The number of hydrogen-bond donors (Lipinski definition) is 2. The lowest BCUT2D eigenvalue weighted by Crippen LogP contribution is -2.32. The molecule has 0 aliphatic carbocycles. The standard InChI is InChI=1S/C19H17N7OS2/c1-13-7-9-14(10-8-13)16-11-28-18(22-21-16)20-17(27)12-29-19-23-24-25-26(19)15-5-3-2-4-6-15/h2-11,21H,12H2,1H3,(H,20,22,27). The second kappa shape index (κ2) is 8.93. The summed E-state index contributed by atoms with van der Waals surface area (Å²) in [5.74, 6) is -0.0146. The van der Waals surface area contributed by atoms with Crippen LogP contribution in [0.15, 0.2) is 70.3 Å². The van der Waals surface area contributed by atoms with E-state index in [0.29, 0.717) is 10.3 Å². The molecule has 0 radical (unpaired) electrons. The molecule has 8 nitrogen and oxygen atoms in total. The van der Waals surface area contributed by atoms with Crippen molar-refractivity contribution in [1.82, 2.24) is 30.9 Å². The summed E-state index contributed by atoms with van der Waals surface area (Å²) in [7, 11) is 0. The molecule has 2 aromatic carbocycles. The second-order valence-corrected chi connectivity index (χ2v) is 7.89. The summed E-state index contributed by atoms with van der Waals surface area (Å²) in [6.07, 6.45) is 0. The highest BCUT2D eigenvalue weighted by Gasteiger charge is 2.15. The number of nitrogens with zero attached hydrogens (tertiary/aromatic N) is 5. The van der Waals surface area contributed by atoms with Crippen molar-refractivity contribution in [2.45, 2.75) is 12.1 Å². The number of aryl methyl sites for hydroxylation is 1. The topological polar surface area (TPSA) is 97.1 Å². The molecule has 0 spiro atoms. The van der Waals surface area contributed by atoms with E-state index < -0.39 is 0 Å². The van der Waals surface area contributed by atoms with E-state index in [9.17, 15) is 4.79 Å². The molecule has 0 saturated heterocycles. The van der Waals surface area contributed by atoms with Crippen LogP contribution in [0.25, 0.3) is 11.4 Å². The van der Waals surface area contributed by atoms with E-state index in [1.807, 2.05) is 66.9 Å². The van der Waals surface area contributed by atoms with Crippen LogP contribution in [0.2, 0.25) is 0 Å². The molecule has 1 aliphatic rings. The monoisotopic (exact) mass is 423 g/mol. The van der Waals surface area contributed by atoms with Crippen LogP contribution in [-0.2, 0) is 4.79 Å². The third-order valence-corrected chi connectivity index (χ3v) is 5.64. The van der Waals surface area contributed by atoms with E-state index in [-0.39, 0.29) is 11.7 Å². The van der Waals surface area contributed by atoms with E-state index in [2.05, 4.69) is 31.4 Å². The summed E-state index contributed by atoms with van der Waals surface area (Å²) in [6.45, 7) is 2.05. The molecule has 0 atom stereocenters. The van der Waals surface area contributed by atoms with Crippen LogP contribution in [-0.4, -0.2) is 37.0 Å². The number of hydrogen-bond acceptors (Lipinski definition) is 8. The van der Waals surface area contributed by atoms with Gasteiger partial charge in [-0.3, -0.25) is 10.2 Å². The molecule has 3 aromatic rings. The van der Waals surface area contributed by atoms with Gasteiger partial charge < -0.3 is 5.32 Å². The van der Waals surface area contributed by atoms with Crippen molar-refractivity contribution in [2.75, 3.05) is 5.75 Å². The molecule has 0 fully saturated rings. The van der Waals surface area contributed by atoms with Crippen molar-refractivity contribution < 1.29 is 4.79 Å². The Kier molecular flexibility index (Phi) is 5.92. The van der Waals surface area contributed by atoms with Gasteiger partial charge in [0.1, 0.15) is 0 Å². The summed E-state index contributed by atoms with van der Waals surface area (Å²) in [5.41, 5.74) is 6.95. The lowest BCUT2D eigenvalue weighted by Gasteiger charge is -2.15. The Morgan fingerprint density at radius 1 is 1.17 bits per heavy atom. The number of aromatic nitrogens is 4. The molecule has 0 unspecified atom stereocenters. The average Bonchev–Trinajstić information content (AvgIpc) is 3.23. The van der Waals surface area contributed by atoms with E-state index in [1.165, 1.54) is 29.1 Å². The van der Waals surface area contributed by atoms with Crippen molar-refractivity contribution in [1.29, 1.82) is 0 Å². The number of amidine groups is 1. The zero-order valence-electron chi connectivity index (χ0n) is 15.4. The lowest BCUT2D eigenvalue weighted by atomic mass is 10.1.